The van der Waals surface area contributed by atoms with E-state index in [2.05, 4.69) is 4.98 Å². The van der Waals surface area contributed by atoms with Crippen LogP contribution >= 0.6 is 0 Å². The van der Waals surface area contributed by atoms with E-state index in [1.54, 1.807) is 17.9 Å². The molecule has 2 rings (SSSR count). The van der Waals surface area contributed by atoms with Gasteiger partial charge in [0.05, 0.1) is 10.8 Å². The van der Waals surface area contributed by atoms with Crippen LogP contribution in [0.5, 0.6) is 0 Å². The van der Waals surface area contributed by atoms with Crippen molar-refractivity contribution >= 4 is 17.5 Å². The zero-order chi connectivity index (χ0) is 14.0. The minimum atomic E-state index is -0.861. The molecule has 7 nitrogen and oxygen atoms in total. The molecule has 1 saturated heterocycles. The number of pyridine rings is 1. The number of aryl methyl sites for hydroxylation is 1. The van der Waals surface area contributed by atoms with Crippen LogP contribution in [0, 0.1) is 23.0 Å². The summed E-state index contributed by atoms with van der Waals surface area (Å²) in [6.45, 7) is 2.52. The second kappa shape index (κ2) is 5.21. The van der Waals surface area contributed by atoms with Gasteiger partial charge < -0.3 is 10.0 Å². The molecular weight excluding hydrogens is 250 g/mol. The maximum Gasteiger partial charge on any atom is 0.314 e. The fourth-order valence-electron chi connectivity index (χ4n) is 2.36. The van der Waals surface area contributed by atoms with Gasteiger partial charge in [0.25, 0.3) is 0 Å². The minimum Gasteiger partial charge on any atom is -0.481 e. The summed E-state index contributed by atoms with van der Waals surface area (Å²) in [5.41, 5.74) is 0.501. The van der Waals surface area contributed by atoms with Crippen molar-refractivity contribution in [3.05, 3.63) is 27.9 Å². The monoisotopic (exact) mass is 265 g/mol. The number of rotatable bonds is 3. The van der Waals surface area contributed by atoms with Crippen molar-refractivity contribution in [3.63, 3.8) is 0 Å². The summed E-state index contributed by atoms with van der Waals surface area (Å²) in [5.74, 6) is -1.08. The van der Waals surface area contributed by atoms with Gasteiger partial charge >= 0.3 is 11.7 Å². The molecule has 1 N–H and O–H groups in total. The van der Waals surface area contributed by atoms with Crippen LogP contribution in [0.4, 0.5) is 11.5 Å². The van der Waals surface area contributed by atoms with Crippen molar-refractivity contribution < 1.29 is 14.8 Å². The van der Waals surface area contributed by atoms with Crippen LogP contribution < -0.4 is 4.90 Å². The first-order chi connectivity index (χ1) is 9.00. The van der Waals surface area contributed by atoms with E-state index in [0.29, 0.717) is 24.9 Å². The molecule has 1 aliphatic rings. The van der Waals surface area contributed by atoms with Crippen LogP contribution in [0.15, 0.2) is 12.3 Å². The molecule has 1 atom stereocenters. The third-order valence-corrected chi connectivity index (χ3v) is 3.36. The van der Waals surface area contributed by atoms with Crippen molar-refractivity contribution in [1.29, 1.82) is 0 Å². The zero-order valence-electron chi connectivity index (χ0n) is 10.6. The van der Waals surface area contributed by atoms with Crippen molar-refractivity contribution in [2.45, 2.75) is 19.8 Å². The van der Waals surface area contributed by atoms with E-state index in [4.69, 9.17) is 5.11 Å². The third kappa shape index (κ3) is 2.64. The van der Waals surface area contributed by atoms with Crippen LogP contribution in [0.25, 0.3) is 0 Å². The fourth-order valence-corrected chi connectivity index (χ4v) is 2.36. The van der Waals surface area contributed by atoms with Crippen molar-refractivity contribution in [2.75, 3.05) is 18.0 Å². The fraction of sp³-hybridized carbons (Fsp3) is 0.500. The molecule has 7 heteroatoms. The number of nitro groups is 1. The van der Waals surface area contributed by atoms with Gasteiger partial charge in [0.15, 0.2) is 0 Å². The van der Waals surface area contributed by atoms with Crippen molar-refractivity contribution in [2.24, 2.45) is 5.92 Å². The summed E-state index contributed by atoms with van der Waals surface area (Å²) in [4.78, 5) is 27.5. The highest BCUT2D eigenvalue weighted by Gasteiger charge is 2.30. The number of nitrogens with zero attached hydrogens (tertiary/aromatic N) is 3. The zero-order valence-corrected chi connectivity index (χ0v) is 10.6. The van der Waals surface area contributed by atoms with Gasteiger partial charge in [0.1, 0.15) is 0 Å². The van der Waals surface area contributed by atoms with E-state index < -0.39 is 16.8 Å². The lowest BCUT2D eigenvalue weighted by Gasteiger charge is -2.31. The SMILES string of the molecule is Cc1ccnc(N2CCCC(C(=O)O)C2)c1[N+](=O)[O-]. The molecule has 2 heterocycles. The molecule has 0 radical (unpaired) electrons. The van der Waals surface area contributed by atoms with Gasteiger partial charge in [-0.25, -0.2) is 4.98 Å². The third-order valence-electron chi connectivity index (χ3n) is 3.36. The Hall–Kier alpha value is -2.18. The summed E-state index contributed by atoms with van der Waals surface area (Å²) in [6, 6.07) is 1.58. The van der Waals surface area contributed by atoms with Gasteiger partial charge in [-0.1, -0.05) is 0 Å². The van der Waals surface area contributed by atoms with Gasteiger partial charge in [-0.15, -0.1) is 0 Å². The molecule has 1 aliphatic heterocycles. The Labute approximate surface area is 110 Å². The molecule has 0 aromatic carbocycles. The Morgan fingerprint density at radius 3 is 3.00 bits per heavy atom. The summed E-state index contributed by atoms with van der Waals surface area (Å²) < 4.78 is 0. The van der Waals surface area contributed by atoms with E-state index in [-0.39, 0.29) is 18.1 Å². The first-order valence-corrected chi connectivity index (χ1v) is 6.08. The van der Waals surface area contributed by atoms with Crippen LogP contribution in [-0.2, 0) is 4.79 Å². The molecule has 1 aromatic heterocycles. The smallest absolute Gasteiger partial charge is 0.314 e. The van der Waals surface area contributed by atoms with Gasteiger partial charge in [-0.3, -0.25) is 14.9 Å². The molecule has 1 unspecified atom stereocenters. The van der Waals surface area contributed by atoms with E-state index in [0.717, 1.165) is 0 Å². The summed E-state index contributed by atoms with van der Waals surface area (Å²) in [6.07, 6.45) is 2.82. The number of aromatic nitrogens is 1. The molecule has 19 heavy (non-hydrogen) atoms. The van der Waals surface area contributed by atoms with Gasteiger partial charge in [-0.05, 0) is 25.8 Å². The average molecular weight is 265 g/mol. The Bertz CT molecular complexity index is 518. The van der Waals surface area contributed by atoms with E-state index in [1.165, 1.54) is 6.20 Å². The second-order valence-corrected chi connectivity index (χ2v) is 4.68. The lowest BCUT2D eigenvalue weighted by Crippen LogP contribution is -2.39. The molecule has 0 saturated carbocycles. The van der Waals surface area contributed by atoms with Crippen LogP contribution in [-0.4, -0.2) is 34.1 Å². The quantitative estimate of drug-likeness (QED) is 0.658. The van der Waals surface area contributed by atoms with Gasteiger partial charge in [0.2, 0.25) is 5.82 Å². The largest absolute Gasteiger partial charge is 0.481 e. The molecule has 1 fully saturated rings. The lowest BCUT2D eigenvalue weighted by molar-refractivity contribution is -0.384. The Morgan fingerprint density at radius 2 is 2.37 bits per heavy atom. The summed E-state index contributed by atoms with van der Waals surface area (Å²) in [7, 11) is 0. The topological polar surface area (TPSA) is 96.6 Å². The standard InChI is InChI=1S/C12H15N3O4/c1-8-4-5-13-11(10(8)15(18)19)14-6-2-3-9(7-14)12(16)17/h4-5,9H,2-3,6-7H2,1H3,(H,16,17). The number of aliphatic carboxylic acids is 1. The number of carboxylic acids is 1. The number of hydrogen-bond acceptors (Lipinski definition) is 5. The first-order valence-electron chi connectivity index (χ1n) is 6.08. The molecule has 0 spiro atoms. The minimum absolute atomic E-state index is 0.0338. The second-order valence-electron chi connectivity index (χ2n) is 4.68. The highest BCUT2D eigenvalue weighted by molar-refractivity contribution is 5.72. The molecule has 0 amide bonds. The maximum absolute atomic E-state index is 11.1. The molecule has 102 valence electrons. The average Bonchev–Trinajstić information content (AvgIpc) is 2.38. The number of hydrogen-bond donors (Lipinski definition) is 1. The number of piperidine rings is 1. The first kappa shape index (κ1) is 13.3. The molecule has 0 aliphatic carbocycles. The summed E-state index contributed by atoms with van der Waals surface area (Å²) in [5, 5.41) is 20.2. The Balaban J connectivity index is 2.34. The number of anilines is 1. The normalized spacial score (nSPS) is 19.2. The summed E-state index contributed by atoms with van der Waals surface area (Å²) >= 11 is 0. The molecular formula is C12H15N3O4. The molecule has 0 bridgehead atoms. The Morgan fingerprint density at radius 1 is 1.63 bits per heavy atom. The van der Waals surface area contributed by atoms with Crippen LogP contribution in [0.1, 0.15) is 18.4 Å². The maximum atomic E-state index is 11.1. The predicted octanol–water partition coefficient (Wildman–Crippen LogP) is 1.60. The van der Waals surface area contributed by atoms with Crippen molar-refractivity contribution in [3.8, 4) is 0 Å². The van der Waals surface area contributed by atoms with E-state index in [9.17, 15) is 14.9 Å². The van der Waals surface area contributed by atoms with Gasteiger partial charge in [-0.2, -0.15) is 0 Å². The number of carbonyl (C=O) groups is 1. The lowest BCUT2D eigenvalue weighted by atomic mass is 9.98. The van der Waals surface area contributed by atoms with E-state index in [1.807, 2.05) is 0 Å². The van der Waals surface area contributed by atoms with Gasteiger partial charge in [0, 0.05) is 24.8 Å². The highest BCUT2D eigenvalue weighted by atomic mass is 16.6. The van der Waals surface area contributed by atoms with Crippen molar-refractivity contribution in [1.82, 2.24) is 4.98 Å². The Kier molecular flexibility index (Phi) is 3.64. The van der Waals surface area contributed by atoms with Crippen LogP contribution in [0.2, 0.25) is 0 Å². The number of carboxylic acid groups (broad SMARTS) is 1. The van der Waals surface area contributed by atoms with E-state index >= 15 is 0 Å². The highest BCUT2D eigenvalue weighted by Crippen LogP contribution is 2.31. The molecule has 1 aromatic rings. The predicted molar refractivity (Wildman–Crippen MR) is 68.2 cm³/mol. The van der Waals surface area contributed by atoms with Crippen LogP contribution in [0.3, 0.4) is 0 Å².